The maximum atomic E-state index is 14.1. The molecular weight excluding hydrogens is 504 g/mol. The highest BCUT2D eigenvalue weighted by atomic mass is 16.5. The fourth-order valence-electron chi connectivity index (χ4n) is 6.93. The summed E-state index contributed by atoms with van der Waals surface area (Å²) in [6.45, 7) is 6.85. The van der Waals surface area contributed by atoms with E-state index in [9.17, 15) is 19.2 Å². The summed E-state index contributed by atoms with van der Waals surface area (Å²) in [5.41, 5.74) is 6.81. The largest absolute Gasteiger partial charge is 0.454 e. The second kappa shape index (κ2) is 9.73. The number of rotatable bonds is 6. The van der Waals surface area contributed by atoms with Gasteiger partial charge in [-0.25, -0.2) is 4.79 Å². The topological polar surface area (TPSA) is 92.8 Å². The standard InChI is InChI=1S/C33H32N2O5/c1-17(2)30(33(39)40-16-25(36)34-24-15-18(3)13-14-19(24)4)35-31(37)28-26-20-9-5-6-10-21(20)27(29(28)32(35)38)23-12-8-7-11-22(23)26/h5-15,17,26-30H,16H2,1-4H3,(H,34,36)/t26?,27?,28-,29-,30+/m1/s1. The number of hydrogen-bond donors (Lipinski definition) is 1. The number of imide groups is 1. The Morgan fingerprint density at radius 2 is 1.32 bits per heavy atom. The smallest absolute Gasteiger partial charge is 0.330 e. The lowest BCUT2D eigenvalue weighted by Gasteiger charge is -2.45. The third-order valence-corrected chi connectivity index (χ3v) is 8.65. The Kier molecular flexibility index (Phi) is 6.32. The van der Waals surface area contributed by atoms with Gasteiger partial charge in [-0.05, 0) is 59.2 Å². The number of hydrogen-bond acceptors (Lipinski definition) is 5. The highest BCUT2D eigenvalue weighted by Gasteiger charge is 2.63. The zero-order valence-electron chi connectivity index (χ0n) is 23.0. The minimum Gasteiger partial charge on any atom is -0.454 e. The number of esters is 1. The summed E-state index contributed by atoms with van der Waals surface area (Å²) in [5, 5.41) is 2.78. The molecule has 1 aliphatic heterocycles. The number of likely N-dealkylation sites (tertiary alicyclic amines) is 1. The van der Waals surface area contributed by atoms with E-state index >= 15 is 0 Å². The van der Waals surface area contributed by atoms with E-state index in [0.717, 1.165) is 38.3 Å². The molecule has 3 aliphatic carbocycles. The Hall–Kier alpha value is -4.26. The Bertz CT molecular complexity index is 1440. The van der Waals surface area contributed by atoms with Crippen molar-refractivity contribution in [1.82, 2.24) is 4.90 Å². The predicted octanol–water partition coefficient (Wildman–Crippen LogP) is 4.70. The van der Waals surface area contributed by atoms with Gasteiger partial charge in [0, 0.05) is 17.5 Å². The molecule has 1 saturated heterocycles. The van der Waals surface area contributed by atoms with Crippen molar-refractivity contribution in [2.24, 2.45) is 17.8 Å². The summed E-state index contributed by atoms with van der Waals surface area (Å²) >= 11 is 0. The van der Waals surface area contributed by atoms with E-state index in [0.29, 0.717) is 5.69 Å². The third-order valence-electron chi connectivity index (χ3n) is 8.65. The van der Waals surface area contributed by atoms with Crippen molar-refractivity contribution in [3.63, 3.8) is 0 Å². The minimum atomic E-state index is -1.12. The molecule has 4 aliphatic rings. The van der Waals surface area contributed by atoms with Gasteiger partial charge in [-0.15, -0.1) is 0 Å². The van der Waals surface area contributed by atoms with Crippen LogP contribution in [0, 0.1) is 31.6 Å². The van der Waals surface area contributed by atoms with Gasteiger partial charge in [0.15, 0.2) is 6.61 Å². The number of amides is 3. The zero-order valence-corrected chi connectivity index (χ0v) is 23.0. The van der Waals surface area contributed by atoms with Crippen molar-refractivity contribution in [2.45, 2.75) is 45.6 Å². The average molecular weight is 537 g/mol. The van der Waals surface area contributed by atoms with Crippen molar-refractivity contribution in [1.29, 1.82) is 0 Å². The lowest BCUT2D eigenvalue weighted by atomic mass is 9.55. The van der Waals surface area contributed by atoms with Crippen LogP contribution in [0.3, 0.4) is 0 Å². The van der Waals surface area contributed by atoms with Crippen LogP contribution < -0.4 is 5.32 Å². The molecule has 1 fully saturated rings. The molecule has 204 valence electrons. The summed E-state index contributed by atoms with van der Waals surface area (Å²) in [7, 11) is 0. The number of anilines is 1. The van der Waals surface area contributed by atoms with E-state index in [4.69, 9.17) is 4.74 Å². The van der Waals surface area contributed by atoms with Crippen LogP contribution >= 0.6 is 0 Å². The van der Waals surface area contributed by atoms with Crippen LogP contribution in [0.15, 0.2) is 66.7 Å². The molecule has 7 nitrogen and oxygen atoms in total. The van der Waals surface area contributed by atoms with Gasteiger partial charge in [0.05, 0.1) is 11.8 Å². The quantitative estimate of drug-likeness (QED) is 0.364. The van der Waals surface area contributed by atoms with Crippen molar-refractivity contribution in [2.75, 3.05) is 11.9 Å². The number of ether oxygens (including phenoxy) is 1. The monoisotopic (exact) mass is 536 g/mol. The molecule has 3 aromatic carbocycles. The normalized spacial score (nSPS) is 23.0. The van der Waals surface area contributed by atoms with E-state index in [2.05, 4.69) is 5.32 Å². The summed E-state index contributed by atoms with van der Waals surface area (Å²) in [6, 6.07) is 20.6. The van der Waals surface area contributed by atoms with Crippen molar-refractivity contribution < 1.29 is 23.9 Å². The third kappa shape index (κ3) is 3.95. The van der Waals surface area contributed by atoms with Crippen LogP contribution in [0.5, 0.6) is 0 Å². The lowest BCUT2D eigenvalue weighted by Crippen LogP contribution is -2.49. The fourth-order valence-corrected chi connectivity index (χ4v) is 6.93. The first-order valence-electron chi connectivity index (χ1n) is 13.8. The van der Waals surface area contributed by atoms with Crippen molar-refractivity contribution >= 4 is 29.4 Å². The number of benzene rings is 3. The van der Waals surface area contributed by atoms with Gasteiger partial charge in [-0.3, -0.25) is 19.3 Å². The van der Waals surface area contributed by atoms with Crippen LogP contribution in [0.2, 0.25) is 0 Å². The average Bonchev–Trinajstić information content (AvgIpc) is 3.20. The summed E-state index contributed by atoms with van der Waals surface area (Å²) in [5.74, 6) is -3.99. The summed E-state index contributed by atoms with van der Waals surface area (Å²) in [6.07, 6.45) is 0. The van der Waals surface area contributed by atoms with Crippen LogP contribution in [0.1, 0.15) is 59.1 Å². The molecule has 0 unspecified atom stereocenters. The van der Waals surface area contributed by atoms with E-state index in [1.807, 2.05) is 80.6 Å². The van der Waals surface area contributed by atoms with Crippen LogP contribution in [0.4, 0.5) is 5.69 Å². The van der Waals surface area contributed by atoms with E-state index in [-0.39, 0.29) is 23.7 Å². The number of carbonyl (C=O) groups is 4. The van der Waals surface area contributed by atoms with Crippen molar-refractivity contribution in [3.05, 3.63) is 100 Å². The molecule has 1 heterocycles. The lowest BCUT2D eigenvalue weighted by molar-refractivity contribution is -0.162. The number of nitrogens with zero attached hydrogens (tertiary/aromatic N) is 1. The molecule has 7 rings (SSSR count). The molecule has 0 spiro atoms. The van der Waals surface area contributed by atoms with Gasteiger partial charge in [0.25, 0.3) is 5.91 Å². The van der Waals surface area contributed by atoms with Crippen LogP contribution in [0.25, 0.3) is 0 Å². The first-order valence-corrected chi connectivity index (χ1v) is 13.8. The van der Waals surface area contributed by atoms with Gasteiger partial charge in [0.2, 0.25) is 11.8 Å². The number of carbonyl (C=O) groups excluding carboxylic acids is 4. The van der Waals surface area contributed by atoms with E-state index in [1.54, 1.807) is 13.8 Å². The van der Waals surface area contributed by atoms with Gasteiger partial charge in [-0.2, -0.15) is 0 Å². The fraction of sp³-hybridized carbons (Fsp3) is 0.333. The Morgan fingerprint density at radius 1 is 0.825 bits per heavy atom. The first kappa shape index (κ1) is 26.0. The Balaban J connectivity index is 1.26. The van der Waals surface area contributed by atoms with Crippen LogP contribution in [-0.2, 0) is 23.9 Å². The molecular formula is C33H32N2O5. The molecule has 3 atom stereocenters. The molecule has 3 amide bonds. The molecule has 0 saturated carbocycles. The molecule has 1 N–H and O–H groups in total. The van der Waals surface area contributed by atoms with Gasteiger partial charge in [-0.1, -0.05) is 74.5 Å². The second-order valence-electron chi connectivity index (χ2n) is 11.5. The Labute approximate surface area is 233 Å². The maximum absolute atomic E-state index is 14.1. The Morgan fingerprint density at radius 3 is 1.80 bits per heavy atom. The number of nitrogens with one attached hydrogen (secondary N) is 1. The number of aryl methyl sites for hydroxylation is 2. The van der Waals surface area contributed by atoms with Gasteiger partial charge >= 0.3 is 5.97 Å². The summed E-state index contributed by atoms with van der Waals surface area (Å²) < 4.78 is 5.43. The highest BCUT2D eigenvalue weighted by Crippen LogP contribution is 2.61. The SMILES string of the molecule is Cc1ccc(C)c(NC(=O)COC(=O)[C@H](C(C)C)N2C(=O)[C@@H]3C4c5ccccc5C(c5ccccc54)[C@H]3C2=O)c1. The molecule has 7 heteroatoms. The molecule has 2 bridgehead atoms. The molecule has 0 aromatic heterocycles. The second-order valence-corrected chi connectivity index (χ2v) is 11.5. The zero-order chi connectivity index (χ0) is 28.3. The van der Waals surface area contributed by atoms with Crippen LogP contribution in [-0.4, -0.2) is 41.2 Å². The predicted molar refractivity (Wildman–Crippen MR) is 150 cm³/mol. The van der Waals surface area contributed by atoms with E-state index < -0.39 is 42.3 Å². The molecule has 0 radical (unpaired) electrons. The minimum absolute atomic E-state index is 0.254. The van der Waals surface area contributed by atoms with Crippen molar-refractivity contribution in [3.8, 4) is 0 Å². The highest BCUT2D eigenvalue weighted by molar-refractivity contribution is 6.10. The molecule has 40 heavy (non-hydrogen) atoms. The summed E-state index contributed by atoms with van der Waals surface area (Å²) in [4.78, 5) is 55.3. The van der Waals surface area contributed by atoms with Gasteiger partial charge < -0.3 is 10.1 Å². The van der Waals surface area contributed by atoms with E-state index in [1.165, 1.54) is 0 Å². The first-order chi connectivity index (χ1) is 19.2. The molecule has 3 aromatic rings. The van der Waals surface area contributed by atoms with Gasteiger partial charge in [0.1, 0.15) is 6.04 Å². The maximum Gasteiger partial charge on any atom is 0.330 e.